The van der Waals surface area contributed by atoms with Gasteiger partial charge in [0.2, 0.25) is 0 Å². The lowest BCUT2D eigenvalue weighted by Crippen LogP contribution is -2.11. The molecule has 0 fully saturated rings. The second kappa shape index (κ2) is 8.55. The van der Waals surface area contributed by atoms with Crippen LogP contribution in [0.15, 0.2) is 48.9 Å². The number of halogens is 2. The number of benzene rings is 1. The summed E-state index contributed by atoms with van der Waals surface area (Å²) in [4.78, 5) is 12.9. The van der Waals surface area contributed by atoms with E-state index in [2.05, 4.69) is 30.5 Å². The molecule has 4 aromatic rings. The zero-order valence-electron chi connectivity index (χ0n) is 17.2. The molecule has 3 aromatic heterocycles. The molecular weight excluding hydrogens is 402 g/mol. The maximum atomic E-state index is 12.9. The molecule has 0 spiro atoms. The van der Waals surface area contributed by atoms with Gasteiger partial charge >= 0.3 is 0 Å². The van der Waals surface area contributed by atoms with Crippen molar-refractivity contribution in [2.75, 3.05) is 12.4 Å². The van der Waals surface area contributed by atoms with Crippen molar-refractivity contribution in [2.24, 2.45) is 0 Å². The molecule has 4 rings (SSSR count). The van der Waals surface area contributed by atoms with Crippen molar-refractivity contribution < 1.29 is 13.5 Å². The molecule has 158 valence electrons. The van der Waals surface area contributed by atoms with Gasteiger partial charge < -0.3 is 10.1 Å². The molecule has 0 aliphatic rings. The lowest BCUT2D eigenvalue weighted by Gasteiger charge is -2.16. The number of nitrogens with one attached hydrogen (secondary N) is 1. The van der Waals surface area contributed by atoms with Crippen LogP contribution >= 0.6 is 0 Å². The Hall–Kier alpha value is -3.75. The number of aromatic nitrogens is 5. The van der Waals surface area contributed by atoms with Crippen LogP contribution in [0, 0.1) is 6.92 Å². The van der Waals surface area contributed by atoms with Gasteiger partial charge in [-0.1, -0.05) is 0 Å². The molecule has 1 atom stereocenters. The number of pyridine rings is 1. The van der Waals surface area contributed by atoms with E-state index in [1.54, 1.807) is 19.2 Å². The normalized spacial score (nSPS) is 12.2. The summed E-state index contributed by atoms with van der Waals surface area (Å²) in [5.74, 6) is 1.12. The van der Waals surface area contributed by atoms with Crippen LogP contribution in [-0.2, 0) is 0 Å². The number of nitrogens with zero attached hydrogens (tertiary/aromatic N) is 5. The number of methoxy groups -OCH3 is 1. The lowest BCUT2D eigenvalue weighted by atomic mass is 10.1. The molecule has 1 N–H and O–H groups in total. The van der Waals surface area contributed by atoms with E-state index in [-0.39, 0.29) is 11.6 Å². The van der Waals surface area contributed by atoms with Gasteiger partial charge in [0.15, 0.2) is 0 Å². The second-order valence-corrected chi connectivity index (χ2v) is 7.04. The van der Waals surface area contributed by atoms with Crippen molar-refractivity contribution in [3.05, 3.63) is 65.9 Å². The molecule has 1 aromatic carbocycles. The highest BCUT2D eigenvalue weighted by molar-refractivity contribution is 5.96. The molecule has 0 aliphatic heterocycles. The van der Waals surface area contributed by atoms with Gasteiger partial charge in [-0.2, -0.15) is 10.2 Å². The Morgan fingerprint density at radius 2 is 1.84 bits per heavy atom. The van der Waals surface area contributed by atoms with Crippen molar-refractivity contribution in [3.63, 3.8) is 0 Å². The molecule has 7 nitrogen and oxygen atoms in total. The number of hydrogen-bond donors (Lipinski definition) is 1. The summed E-state index contributed by atoms with van der Waals surface area (Å²) in [6, 6.07) is 10.2. The summed E-state index contributed by atoms with van der Waals surface area (Å²) in [5, 5.41) is 12.4. The van der Waals surface area contributed by atoms with Gasteiger partial charge in [0.25, 0.3) is 6.43 Å². The van der Waals surface area contributed by atoms with Gasteiger partial charge in [0.1, 0.15) is 23.4 Å². The predicted octanol–water partition coefficient (Wildman–Crippen LogP) is 4.91. The molecule has 0 saturated carbocycles. The third kappa shape index (κ3) is 4.25. The van der Waals surface area contributed by atoms with Crippen molar-refractivity contribution in [1.29, 1.82) is 0 Å². The van der Waals surface area contributed by atoms with Crippen LogP contribution in [0.4, 0.5) is 14.6 Å². The van der Waals surface area contributed by atoms with E-state index in [1.165, 1.54) is 18.6 Å². The third-order valence-electron chi connectivity index (χ3n) is 4.87. The van der Waals surface area contributed by atoms with E-state index in [9.17, 15) is 8.78 Å². The largest absolute Gasteiger partial charge is 0.494 e. The fourth-order valence-electron chi connectivity index (χ4n) is 3.18. The lowest BCUT2D eigenvalue weighted by molar-refractivity contribution is 0.151. The smallest absolute Gasteiger partial charge is 0.265 e. The summed E-state index contributed by atoms with van der Waals surface area (Å²) in [6.07, 6.45) is 0.0641. The van der Waals surface area contributed by atoms with E-state index in [1.807, 2.05) is 32.0 Å². The number of anilines is 1. The first-order chi connectivity index (χ1) is 15.0. The molecule has 9 heteroatoms. The Morgan fingerprint density at radius 3 is 2.48 bits per heavy atom. The van der Waals surface area contributed by atoms with Crippen LogP contribution in [-0.4, -0.2) is 32.3 Å². The quantitative estimate of drug-likeness (QED) is 0.472. The molecule has 31 heavy (non-hydrogen) atoms. The minimum atomic E-state index is -2.57. The van der Waals surface area contributed by atoms with E-state index in [4.69, 9.17) is 4.74 Å². The first-order valence-electron chi connectivity index (χ1n) is 9.60. The fraction of sp³-hybridized carbons (Fsp3) is 0.227. The highest BCUT2D eigenvalue weighted by Crippen LogP contribution is 2.34. The van der Waals surface area contributed by atoms with Gasteiger partial charge in [0, 0.05) is 22.7 Å². The third-order valence-corrected chi connectivity index (χ3v) is 4.87. The van der Waals surface area contributed by atoms with Crippen LogP contribution in [0.1, 0.15) is 36.3 Å². The van der Waals surface area contributed by atoms with Gasteiger partial charge in [-0.25, -0.2) is 18.7 Å². The van der Waals surface area contributed by atoms with Gasteiger partial charge in [-0.3, -0.25) is 4.98 Å². The van der Waals surface area contributed by atoms with Crippen molar-refractivity contribution in [3.8, 4) is 17.0 Å². The topological polar surface area (TPSA) is 85.7 Å². The number of hydrogen-bond acceptors (Lipinski definition) is 7. The monoisotopic (exact) mass is 422 g/mol. The molecule has 0 unspecified atom stereocenters. The molecular formula is C22H20F2N6O. The molecule has 0 amide bonds. The van der Waals surface area contributed by atoms with Gasteiger partial charge in [-0.05, 0) is 50.2 Å². The van der Waals surface area contributed by atoms with Crippen LogP contribution in [0.2, 0.25) is 0 Å². The first kappa shape index (κ1) is 20.5. The Labute approximate surface area is 177 Å². The average Bonchev–Trinajstić information content (AvgIpc) is 2.79. The Kier molecular flexibility index (Phi) is 5.66. The van der Waals surface area contributed by atoms with E-state index < -0.39 is 6.43 Å². The minimum Gasteiger partial charge on any atom is -0.494 e. The van der Waals surface area contributed by atoms with E-state index in [0.717, 1.165) is 11.4 Å². The summed E-state index contributed by atoms with van der Waals surface area (Å²) in [5.41, 5.74) is 3.33. The van der Waals surface area contributed by atoms with Gasteiger partial charge in [0.05, 0.1) is 30.2 Å². The number of alkyl halides is 2. The zero-order chi connectivity index (χ0) is 22.0. The number of fused-ring (bicyclic) bond motifs is 1. The maximum Gasteiger partial charge on any atom is 0.265 e. The average molecular weight is 422 g/mol. The number of ether oxygens (including phenoxy) is 1. The van der Waals surface area contributed by atoms with Gasteiger partial charge in [-0.15, -0.1) is 0 Å². The molecule has 0 bridgehead atoms. The first-order valence-corrected chi connectivity index (χ1v) is 9.60. The highest BCUT2D eigenvalue weighted by atomic mass is 19.3. The molecule has 3 heterocycles. The van der Waals surface area contributed by atoms with Crippen molar-refractivity contribution >= 4 is 16.7 Å². The number of aryl methyl sites for hydroxylation is 1. The Morgan fingerprint density at radius 1 is 1.00 bits per heavy atom. The molecule has 0 saturated heterocycles. The van der Waals surface area contributed by atoms with Crippen molar-refractivity contribution in [2.45, 2.75) is 26.3 Å². The summed E-state index contributed by atoms with van der Waals surface area (Å²) in [6.45, 7) is 3.83. The summed E-state index contributed by atoms with van der Waals surface area (Å²) >= 11 is 0. The molecule has 0 radical (unpaired) electrons. The van der Waals surface area contributed by atoms with E-state index in [0.29, 0.717) is 33.7 Å². The van der Waals surface area contributed by atoms with Crippen LogP contribution < -0.4 is 10.1 Å². The van der Waals surface area contributed by atoms with Crippen LogP contribution in [0.25, 0.3) is 22.2 Å². The zero-order valence-corrected chi connectivity index (χ0v) is 17.2. The number of rotatable bonds is 6. The van der Waals surface area contributed by atoms with Crippen molar-refractivity contribution in [1.82, 2.24) is 25.1 Å². The second-order valence-electron chi connectivity index (χ2n) is 7.04. The predicted molar refractivity (Wildman–Crippen MR) is 113 cm³/mol. The SMILES string of the molecule is COc1cc(-c2ccc(C(F)F)cn2)cc2c(N[C@H](C)c3ccc(C)nn3)ncnc12. The Bertz CT molecular complexity index is 1200. The minimum absolute atomic E-state index is 0.129. The van der Waals surface area contributed by atoms with E-state index >= 15 is 0 Å². The Balaban J connectivity index is 1.76. The summed E-state index contributed by atoms with van der Waals surface area (Å²) in [7, 11) is 1.55. The maximum absolute atomic E-state index is 12.9. The van der Waals surface area contributed by atoms with Crippen LogP contribution in [0.5, 0.6) is 5.75 Å². The van der Waals surface area contributed by atoms with Crippen LogP contribution in [0.3, 0.4) is 0 Å². The highest BCUT2D eigenvalue weighted by Gasteiger charge is 2.16. The fourth-order valence-corrected chi connectivity index (χ4v) is 3.18. The standard InChI is InChI=1S/C22H20F2N6O/c1-12-4-6-17(30-29-12)13(2)28-22-16-8-15(9-19(31-3)20(16)26-11-27-22)18-7-5-14(10-25-18)21(23)24/h4-11,13,21H,1-3H3,(H,26,27,28)/t13-/m1/s1. The summed E-state index contributed by atoms with van der Waals surface area (Å²) < 4.78 is 31.3. The molecule has 0 aliphatic carbocycles.